The second kappa shape index (κ2) is 10.4. The molecule has 0 bridgehead atoms. The van der Waals surface area contributed by atoms with Crippen LogP contribution in [-0.2, 0) is 19.3 Å². The Morgan fingerprint density at radius 1 is 0.844 bits per heavy atom. The van der Waals surface area contributed by atoms with Gasteiger partial charge in [0.25, 0.3) is 0 Å². The molecule has 0 saturated heterocycles. The van der Waals surface area contributed by atoms with Gasteiger partial charge in [-0.2, -0.15) is 5.26 Å². The Kier molecular flexibility index (Phi) is 7.31. The first-order valence-electron chi connectivity index (χ1n) is 11.0. The van der Waals surface area contributed by atoms with Crippen molar-refractivity contribution in [2.24, 2.45) is 5.92 Å². The number of allylic oxidation sites excluding steroid dienone is 2. The number of hydrogen-bond donors (Lipinski definition) is 0. The van der Waals surface area contributed by atoms with E-state index in [4.69, 9.17) is 5.26 Å². The number of nitriles is 1. The van der Waals surface area contributed by atoms with E-state index in [0.29, 0.717) is 11.5 Å². The minimum absolute atomic E-state index is 0.433. The van der Waals surface area contributed by atoms with E-state index in [1.165, 1.54) is 34.4 Å². The van der Waals surface area contributed by atoms with Gasteiger partial charge in [0.15, 0.2) is 0 Å². The fourth-order valence-corrected chi connectivity index (χ4v) is 9.42. The Balaban J connectivity index is 1.35. The third-order valence-electron chi connectivity index (χ3n) is 6.08. The zero-order valence-electron chi connectivity index (χ0n) is 18.1. The van der Waals surface area contributed by atoms with Crippen LogP contribution in [0.3, 0.4) is 0 Å². The van der Waals surface area contributed by atoms with Gasteiger partial charge in [-0.25, -0.2) is 8.78 Å². The summed E-state index contributed by atoms with van der Waals surface area (Å²) in [5, 5.41) is 8.82. The molecule has 4 rings (SSSR count). The molecule has 0 aromatic heterocycles. The number of halogens is 2. The number of benzene rings is 3. The molecule has 158 valence electrons. The zero-order chi connectivity index (χ0) is 22.5. The van der Waals surface area contributed by atoms with Crippen molar-refractivity contribution in [1.82, 2.24) is 0 Å². The zero-order valence-corrected chi connectivity index (χ0v) is 23.6. The molecule has 3 aromatic rings. The number of nitrogens with zero attached hydrogens (tertiary/aromatic N) is 1. The molecule has 0 radical (unpaired) electrons. The standard InChI is InChI=1S/C28H23F2N.Tl.H/c1-4-19(2)20(3)15-23-9-7-21(8-10-23)5-6-22-11-13-24(14-12-22)25-16-27(29)26(18-31)28(30)17-25;;/h1-2,4,7-14,16-17,20H,5-6,15H2,3H3;;/t20-;;/m1../s1. The third kappa shape index (κ3) is 5.42. The summed E-state index contributed by atoms with van der Waals surface area (Å²) in [5.74, 6) is -1.07. The van der Waals surface area contributed by atoms with Gasteiger partial charge in [-0.3, -0.25) is 0 Å². The molecule has 0 saturated carbocycles. The van der Waals surface area contributed by atoms with Crippen molar-refractivity contribution in [3.63, 3.8) is 0 Å². The topological polar surface area (TPSA) is 23.8 Å². The molecule has 0 N–H and O–H groups in total. The third-order valence-corrected chi connectivity index (χ3v) is 10.8. The molecule has 0 amide bonds. The molecule has 1 aliphatic heterocycles. The van der Waals surface area contributed by atoms with Crippen molar-refractivity contribution in [2.75, 3.05) is 0 Å². The maximum absolute atomic E-state index is 13.9. The first-order chi connectivity index (χ1) is 15.5. The number of aryl methyl sites for hydroxylation is 2. The molecule has 0 spiro atoms. The van der Waals surface area contributed by atoms with Crippen LogP contribution in [0.4, 0.5) is 8.78 Å². The van der Waals surface area contributed by atoms with Crippen LogP contribution in [0.2, 0.25) is 0 Å². The molecule has 1 atom stereocenters. The molecule has 1 nitrogen and oxygen atoms in total. The number of rotatable bonds is 7. The average molecular weight is 617 g/mol. The summed E-state index contributed by atoms with van der Waals surface area (Å²) >= 11 is -0.774. The van der Waals surface area contributed by atoms with Gasteiger partial charge in [0, 0.05) is 0 Å². The van der Waals surface area contributed by atoms with Gasteiger partial charge in [0.2, 0.25) is 0 Å². The van der Waals surface area contributed by atoms with Crippen LogP contribution in [0, 0.1) is 28.9 Å². The van der Waals surface area contributed by atoms with Crippen molar-refractivity contribution >= 4 is 24.2 Å². The summed E-state index contributed by atoms with van der Waals surface area (Å²) in [7, 11) is 0. The Morgan fingerprint density at radius 2 is 1.41 bits per heavy atom. The van der Waals surface area contributed by atoms with Gasteiger partial charge in [-0.1, -0.05) is 12.1 Å². The minimum atomic E-state index is -0.830. The SMILES string of the molecule is C[C@H](Cc1ccc(CCc2ccc(-c3cc(F)c(C#N)c(F)c3)cc2)cc1)C1=[CH][TlH][CH]=C1. The fourth-order valence-electron chi connectivity index (χ4n) is 4.15. The van der Waals surface area contributed by atoms with E-state index in [2.05, 4.69) is 44.5 Å². The quantitative estimate of drug-likeness (QED) is 0.285. The Bertz CT molecular complexity index is 1180. The first kappa shape index (κ1) is 22.6. The molecule has 32 heavy (non-hydrogen) atoms. The molecule has 4 heteroatoms. The first-order valence-corrected chi connectivity index (χ1v) is 17.3. The van der Waals surface area contributed by atoms with Gasteiger partial charge < -0.3 is 0 Å². The van der Waals surface area contributed by atoms with Crippen molar-refractivity contribution in [3.8, 4) is 17.2 Å². The van der Waals surface area contributed by atoms with Crippen LogP contribution in [0.25, 0.3) is 11.1 Å². The van der Waals surface area contributed by atoms with Crippen LogP contribution in [0.15, 0.2) is 79.6 Å². The molecular weight excluding hydrogens is 593 g/mol. The molecular formula is C28H24F2NTl. The molecule has 0 aliphatic carbocycles. The van der Waals surface area contributed by atoms with Crippen molar-refractivity contribution < 1.29 is 8.78 Å². The van der Waals surface area contributed by atoms with E-state index < -0.39 is 41.4 Å². The van der Waals surface area contributed by atoms with E-state index in [0.717, 1.165) is 24.8 Å². The summed E-state index contributed by atoms with van der Waals surface area (Å²) in [5.41, 5.74) is 6.01. The molecule has 0 unspecified atom stereocenters. The molecule has 1 aliphatic rings. The summed E-state index contributed by atoms with van der Waals surface area (Å²) in [6, 6.07) is 20.6. The van der Waals surface area contributed by atoms with Gasteiger partial charge in [0.1, 0.15) is 23.3 Å². The molecule has 0 fully saturated rings. The Labute approximate surface area is 200 Å². The van der Waals surface area contributed by atoms with E-state index in [1.807, 2.05) is 24.3 Å². The Hall–Kier alpha value is -2.59. The van der Waals surface area contributed by atoms with Gasteiger partial charge in [-0.05, 0) is 23.3 Å². The second-order valence-corrected chi connectivity index (χ2v) is 13.6. The predicted molar refractivity (Wildman–Crippen MR) is 128 cm³/mol. The summed E-state index contributed by atoms with van der Waals surface area (Å²) < 4.78 is 32.8. The predicted octanol–water partition coefficient (Wildman–Crippen LogP) is 6.31. The summed E-state index contributed by atoms with van der Waals surface area (Å²) in [6.45, 7) is 2.31. The molecule has 3 aromatic carbocycles. The maximum atomic E-state index is 13.9. The van der Waals surface area contributed by atoms with Crippen LogP contribution in [0.1, 0.15) is 29.2 Å². The fraction of sp³-hybridized carbons (Fsp3) is 0.179. The van der Waals surface area contributed by atoms with E-state index in [1.54, 1.807) is 6.07 Å². The van der Waals surface area contributed by atoms with Crippen molar-refractivity contribution in [2.45, 2.75) is 26.2 Å². The van der Waals surface area contributed by atoms with Crippen LogP contribution in [0.5, 0.6) is 0 Å². The number of hydrogen-bond acceptors (Lipinski definition) is 1. The van der Waals surface area contributed by atoms with E-state index in [9.17, 15) is 8.78 Å². The van der Waals surface area contributed by atoms with Crippen molar-refractivity contribution in [1.29, 1.82) is 5.26 Å². The normalized spacial score (nSPS) is 13.4. The van der Waals surface area contributed by atoms with Crippen LogP contribution < -0.4 is 0 Å². The average Bonchev–Trinajstić information content (AvgIpc) is 3.34. The molecule has 1 heterocycles. The van der Waals surface area contributed by atoms with Gasteiger partial charge >= 0.3 is 128 Å². The van der Waals surface area contributed by atoms with Crippen LogP contribution in [-0.4, -0.2) is 24.2 Å². The monoisotopic (exact) mass is 617 g/mol. The van der Waals surface area contributed by atoms with E-state index in [-0.39, 0.29) is 0 Å². The van der Waals surface area contributed by atoms with Gasteiger partial charge in [0.05, 0.1) is 0 Å². The Morgan fingerprint density at radius 3 is 1.94 bits per heavy atom. The van der Waals surface area contributed by atoms with E-state index >= 15 is 0 Å². The second-order valence-electron chi connectivity index (χ2n) is 8.39. The summed E-state index contributed by atoms with van der Waals surface area (Å²) in [6.07, 6.45) is 5.26. The van der Waals surface area contributed by atoms with Crippen LogP contribution >= 0.6 is 0 Å². The summed E-state index contributed by atoms with van der Waals surface area (Å²) in [4.78, 5) is 0. The van der Waals surface area contributed by atoms with Crippen molar-refractivity contribution in [3.05, 3.63) is 113 Å². The van der Waals surface area contributed by atoms with Gasteiger partial charge in [-0.15, -0.1) is 0 Å².